The predicted octanol–water partition coefficient (Wildman–Crippen LogP) is 2.00. The Labute approximate surface area is 139 Å². The minimum atomic E-state index is -1.02. The number of hydrogen-bond donors (Lipinski definition) is 1. The van der Waals surface area contributed by atoms with Crippen molar-refractivity contribution in [3.8, 4) is 0 Å². The van der Waals surface area contributed by atoms with Crippen LogP contribution in [0.5, 0.6) is 0 Å². The Morgan fingerprint density at radius 3 is 2.57 bits per heavy atom. The van der Waals surface area contributed by atoms with Crippen LogP contribution in [0.3, 0.4) is 0 Å². The SMILES string of the molecule is CN(C)c1cc(C(=O)N[C@@H](C[S@](C)=O)c2ccccc2)ccn1. The van der Waals surface area contributed by atoms with Gasteiger partial charge in [0.2, 0.25) is 0 Å². The van der Waals surface area contributed by atoms with E-state index in [2.05, 4.69) is 10.3 Å². The monoisotopic (exact) mass is 331 g/mol. The summed E-state index contributed by atoms with van der Waals surface area (Å²) in [5.41, 5.74) is 1.48. The molecule has 1 aromatic heterocycles. The van der Waals surface area contributed by atoms with Gasteiger partial charge in [0, 0.05) is 48.7 Å². The molecule has 0 unspecified atom stereocenters. The molecule has 6 heteroatoms. The summed E-state index contributed by atoms with van der Waals surface area (Å²) < 4.78 is 11.6. The number of rotatable bonds is 6. The molecule has 0 aliphatic carbocycles. The van der Waals surface area contributed by atoms with E-state index in [1.54, 1.807) is 24.6 Å². The highest BCUT2D eigenvalue weighted by atomic mass is 32.2. The highest BCUT2D eigenvalue weighted by molar-refractivity contribution is 7.84. The molecule has 0 saturated carbocycles. The lowest BCUT2D eigenvalue weighted by Gasteiger charge is -2.19. The molecule has 0 fully saturated rings. The van der Waals surface area contributed by atoms with Gasteiger partial charge in [0.1, 0.15) is 5.82 Å². The maximum Gasteiger partial charge on any atom is 0.251 e. The summed E-state index contributed by atoms with van der Waals surface area (Å²) in [5.74, 6) is 0.893. The van der Waals surface area contributed by atoms with Gasteiger partial charge in [0.05, 0.1) is 6.04 Å². The average Bonchev–Trinajstić information content (AvgIpc) is 2.54. The van der Waals surface area contributed by atoms with Gasteiger partial charge in [-0.2, -0.15) is 0 Å². The van der Waals surface area contributed by atoms with Gasteiger partial charge in [-0.25, -0.2) is 4.98 Å². The van der Waals surface area contributed by atoms with Crippen LogP contribution >= 0.6 is 0 Å². The second-order valence-electron chi connectivity index (χ2n) is 5.47. The first-order chi connectivity index (χ1) is 11.0. The van der Waals surface area contributed by atoms with E-state index >= 15 is 0 Å². The molecule has 0 saturated heterocycles. The zero-order valence-corrected chi connectivity index (χ0v) is 14.3. The molecule has 5 nitrogen and oxygen atoms in total. The Balaban J connectivity index is 2.20. The zero-order chi connectivity index (χ0) is 16.8. The van der Waals surface area contributed by atoms with Crippen LogP contribution in [0.15, 0.2) is 48.7 Å². The number of nitrogens with zero attached hydrogens (tertiary/aromatic N) is 2. The van der Waals surface area contributed by atoms with E-state index in [0.29, 0.717) is 17.1 Å². The summed E-state index contributed by atoms with van der Waals surface area (Å²) in [7, 11) is 2.73. The van der Waals surface area contributed by atoms with Gasteiger partial charge >= 0.3 is 0 Å². The number of carbonyl (C=O) groups is 1. The Kier molecular flexibility index (Phi) is 5.87. The van der Waals surface area contributed by atoms with Crippen molar-refractivity contribution in [2.45, 2.75) is 6.04 Å². The lowest BCUT2D eigenvalue weighted by Crippen LogP contribution is -2.32. The summed E-state index contributed by atoms with van der Waals surface area (Å²) in [6.45, 7) is 0. The summed E-state index contributed by atoms with van der Waals surface area (Å²) in [5, 5.41) is 2.97. The number of pyridine rings is 1. The quantitative estimate of drug-likeness (QED) is 0.879. The number of nitrogens with one attached hydrogen (secondary N) is 1. The van der Waals surface area contributed by atoms with Crippen LogP contribution in [0.4, 0.5) is 5.82 Å². The van der Waals surface area contributed by atoms with Crippen molar-refractivity contribution in [3.05, 3.63) is 59.8 Å². The molecule has 2 atom stereocenters. The van der Waals surface area contributed by atoms with E-state index < -0.39 is 10.8 Å². The summed E-state index contributed by atoms with van der Waals surface area (Å²) in [6.07, 6.45) is 3.25. The number of hydrogen-bond acceptors (Lipinski definition) is 4. The third-order valence-corrected chi connectivity index (χ3v) is 4.18. The first kappa shape index (κ1) is 17.1. The molecular formula is C17H21N3O2S. The summed E-state index contributed by atoms with van der Waals surface area (Å²) >= 11 is 0. The van der Waals surface area contributed by atoms with Crippen molar-refractivity contribution < 1.29 is 9.00 Å². The number of aromatic nitrogens is 1. The van der Waals surface area contributed by atoms with Gasteiger partial charge in [-0.3, -0.25) is 9.00 Å². The van der Waals surface area contributed by atoms with Crippen LogP contribution in [0, 0.1) is 0 Å². The molecular weight excluding hydrogens is 310 g/mol. The predicted molar refractivity (Wildman–Crippen MR) is 94.1 cm³/mol. The number of anilines is 1. The average molecular weight is 331 g/mol. The molecule has 2 aromatic rings. The maximum atomic E-state index is 12.5. The largest absolute Gasteiger partial charge is 0.363 e. The lowest BCUT2D eigenvalue weighted by molar-refractivity contribution is 0.0940. The molecule has 0 aliphatic rings. The molecule has 0 aliphatic heterocycles. The second-order valence-corrected chi connectivity index (χ2v) is 6.95. The normalized spacial score (nSPS) is 13.2. The van der Waals surface area contributed by atoms with E-state index in [-0.39, 0.29) is 11.9 Å². The van der Waals surface area contributed by atoms with Crippen molar-refractivity contribution in [1.82, 2.24) is 10.3 Å². The number of carbonyl (C=O) groups excluding carboxylic acids is 1. The highest BCUT2D eigenvalue weighted by Crippen LogP contribution is 2.16. The van der Waals surface area contributed by atoms with Crippen LogP contribution in [0.25, 0.3) is 0 Å². The van der Waals surface area contributed by atoms with Crippen molar-refractivity contribution >= 4 is 22.5 Å². The fraction of sp³-hybridized carbons (Fsp3) is 0.294. The molecule has 0 spiro atoms. The van der Waals surface area contributed by atoms with Crippen molar-refractivity contribution in [3.63, 3.8) is 0 Å². The molecule has 1 aromatic carbocycles. The van der Waals surface area contributed by atoms with E-state index in [1.807, 2.05) is 49.3 Å². The fourth-order valence-corrected chi connectivity index (χ4v) is 2.93. The molecule has 1 N–H and O–H groups in total. The third kappa shape index (κ3) is 4.89. The molecule has 2 rings (SSSR count). The van der Waals surface area contributed by atoms with Gasteiger partial charge in [-0.15, -0.1) is 0 Å². The molecule has 122 valence electrons. The molecule has 1 amide bonds. The highest BCUT2D eigenvalue weighted by Gasteiger charge is 2.17. The van der Waals surface area contributed by atoms with Crippen molar-refractivity contribution in [2.24, 2.45) is 0 Å². The van der Waals surface area contributed by atoms with Crippen LogP contribution in [-0.4, -0.2) is 41.2 Å². The first-order valence-electron chi connectivity index (χ1n) is 7.26. The topological polar surface area (TPSA) is 62.3 Å². The lowest BCUT2D eigenvalue weighted by atomic mass is 10.1. The van der Waals surface area contributed by atoms with Crippen LogP contribution < -0.4 is 10.2 Å². The minimum Gasteiger partial charge on any atom is -0.363 e. The summed E-state index contributed by atoms with van der Waals surface area (Å²) in [4.78, 5) is 18.6. The van der Waals surface area contributed by atoms with Gasteiger partial charge < -0.3 is 10.2 Å². The maximum absolute atomic E-state index is 12.5. The fourth-order valence-electron chi connectivity index (χ4n) is 2.19. The van der Waals surface area contributed by atoms with Gasteiger partial charge in [-0.1, -0.05) is 30.3 Å². The van der Waals surface area contributed by atoms with Crippen LogP contribution in [0.2, 0.25) is 0 Å². The summed E-state index contributed by atoms with van der Waals surface area (Å²) in [6, 6.07) is 12.7. The van der Waals surface area contributed by atoms with Gasteiger partial charge in [0.25, 0.3) is 5.91 Å². The second kappa shape index (κ2) is 7.87. The van der Waals surface area contributed by atoms with Gasteiger partial charge in [-0.05, 0) is 17.7 Å². The Morgan fingerprint density at radius 1 is 1.26 bits per heavy atom. The van der Waals surface area contributed by atoms with Crippen LogP contribution in [-0.2, 0) is 10.8 Å². The number of amides is 1. The smallest absolute Gasteiger partial charge is 0.251 e. The van der Waals surface area contributed by atoms with E-state index in [1.165, 1.54) is 0 Å². The van der Waals surface area contributed by atoms with E-state index in [9.17, 15) is 9.00 Å². The van der Waals surface area contributed by atoms with Crippen molar-refractivity contribution in [2.75, 3.05) is 31.0 Å². The Hall–Kier alpha value is -2.21. The first-order valence-corrected chi connectivity index (χ1v) is 8.99. The molecule has 1 heterocycles. The Bertz CT molecular complexity index is 689. The number of benzene rings is 1. The standard InChI is InChI=1S/C17H21N3O2S/c1-20(2)16-11-14(9-10-18-16)17(21)19-15(12-23(3)22)13-7-5-4-6-8-13/h4-11,15H,12H2,1-3H3,(H,19,21)/t15-,23-/m0/s1. The van der Waals surface area contributed by atoms with E-state index in [0.717, 1.165) is 5.56 Å². The van der Waals surface area contributed by atoms with Gasteiger partial charge in [0.15, 0.2) is 0 Å². The molecule has 0 bridgehead atoms. The van der Waals surface area contributed by atoms with E-state index in [4.69, 9.17) is 0 Å². The van der Waals surface area contributed by atoms with Crippen molar-refractivity contribution in [1.29, 1.82) is 0 Å². The molecule has 0 radical (unpaired) electrons. The third-order valence-electron chi connectivity index (χ3n) is 3.37. The Morgan fingerprint density at radius 2 is 1.96 bits per heavy atom. The zero-order valence-electron chi connectivity index (χ0n) is 13.5. The molecule has 23 heavy (non-hydrogen) atoms. The van der Waals surface area contributed by atoms with Crippen LogP contribution in [0.1, 0.15) is 22.0 Å². The minimum absolute atomic E-state index is 0.199.